The molecule has 0 atom stereocenters. The van der Waals surface area contributed by atoms with Crippen LogP contribution in [-0.4, -0.2) is 5.91 Å². The van der Waals surface area contributed by atoms with Gasteiger partial charge in [-0.25, -0.2) is 4.39 Å². The molecule has 0 bridgehead atoms. The zero-order valence-corrected chi connectivity index (χ0v) is 11.2. The third-order valence-electron chi connectivity index (χ3n) is 2.71. The van der Waals surface area contributed by atoms with Crippen LogP contribution in [0.4, 0.5) is 4.39 Å². The summed E-state index contributed by atoms with van der Waals surface area (Å²) < 4.78 is 13.5. The number of benzene rings is 2. The summed E-state index contributed by atoms with van der Waals surface area (Å²) in [5.41, 5.74) is 2.09. The minimum Gasteiger partial charge on any atom is -0.348 e. The Labute approximate surface area is 116 Å². The third-order valence-corrected chi connectivity index (χ3v) is 2.95. The first-order valence-corrected chi connectivity index (χ1v) is 6.23. The monoisotopic (exact) mass is 277 g/mol. The van der Waals surface area contributed by atoms with Gasteiger partial charge in [0.1, 0.15) is 5.82 Å². The zero-order chi connectivity index (χ0) is 13.8. The normalized spacial score (nSPS) is 10.3. The predicted molar refractivity (Wildman–Crippen MR) is 73.8 cm³/mol. The van der Waals surface area contributed by atoms with E-state index in [1.165, 1.54) is 12.1 Å². The second-order valence-electron chi connectivity index (χ2n) is 4.30. The maximum Gasteiger partial charge on any atom is 0.254 e. The summed E-state index contributed by atoms with van der Waals surface area (Å²) >= 11 is 5.64. The number of halogens is 2. The van der Waals surface area contributed by atoms with Crippen LogP contribution in [0.3, 0.4) is 0 Å². The Kier molecular flexibility index (Phi) is 4.17. The topological polar surface area (TPSA) is 29.1 Å². The molecule has 2 aromatic rings. The average molecular weight is 278 g/mol. The molecule has 98 valence electrons. The molecule has 0 spiro atoms. The maximum absolute atomic E-state index is 13.5. The number of nitrogens with one attached hydrogen (secondary N) is 1. The fourth-order valence-corrected chi connectivity index (χ4v) is 1.93. The molecule has 2 nitrogen and oxygen atoms in total. The number of hydrogen-bond acceptors (Lipinski definition) is 1. The standard InChI is InChI=1S/C15H13ClFNO/c1-10-3-2-4-11(7-10)9-18-15(19)13-6-5-12(16)8-14(13)17/h2-8H,9H2,1H3,(H,18,19). The quantitative estimate of drug-likeness (QED) is 0.910. The van der Waals surface area contributed by atoms with Crippen LogP contribution in [0.2, 0.25) is 5.02 Å². The van der Waals surface area contributed by atoms with Crippen molar-refractivity contribution in [2.75, 3.05) is 0 Å². The van der Waals surface area contributed by atoms with Crippen molar-refractivity contribution >= 4 is 17.5 Å². The highest BCUT2D eigenvalue weighted by Gasteiger charge is 2.11. The lowest BCUT2D eigenvalue weighted by molar-refractivity contribution is 0.0947. The lowest BCUT2D eigenvalue weighted by atomic mass is 10.1. The van der Waals surface area contributed by atoms with Crippen LogP contribution in [-0.2, 0) is 6.54 Å². The average Bonchev–Trinajstić information content (AvgIpc) is 2.36. The Bertz CT molecular complexity index is 613. The molecular weight excluding hydrogens is 265 g/mol. The molecule has 0 saturated carbocycles. The van der Waals surface area contributed by atoms with E-state index in [1.54, 1.807) is 0 Å². The fraction of sp³-hybridized carbons (Fsp3) is 0.133. The van der Waals surface area contributed by atoms with E-state index in [-0.39, 0.29) is 10.6 Å². The maximum atomic E-state index is 13.5. The van der Waals surface area contributed by atoms with Crippen molar-refractivity contribution in [2.24, 2.45) is 0 Å². The molecule has 2 aromatic carbocycles. The van der Waals surface area contributed by atoms with Crippen molar-refractivity contribution in [3.63, 3.8) is 0 Å². The van der Waals surface area contributed by atoms with Crippen LogP contribution in [0.1, 0.15) is 21.5 Å². The first-order chi connectivity index (χ1) is 9.06. The van der Waals surface area contributed by atoms with Gasteiger partial charge in [-0.2, -0.15) is 0 Å². The van der Waals surface area contributed by atoms with E-state index in [1.807, 2.05) is 31.2 Å². The first kappa shape index (κ1) is 13.6. The van der Waals surface area contributed by atoms with Gasteiger partial charge in [0, 0.05) is 11.6 Å². The molecule has 0 aliphatic heterocycles. The van der Waals surface area contributed by atoms with E-state index in [0.717, 1.165) is 17.2 Å². The number of carbonyl (C=O) groups excluding carboxylic acids is 1. The molecule has 0 fully saturated rings. The highest BCUT2D eigenvalue weighted by molar-refractivity contribution is 6.30. The van der Waals surface area contributed by atoms with E-state index in [4.69, 9.17) is 11.6 Å². The third kappa shape index (κ3) is 3.55. The Morgan fingerprint density at radius 3 is 2.74 bits per heavy atom. The summed E-state index contributed by atoms with van der Waals surface area (Å²) in [4.78, 5) is 11.8. The lowest BCUT2D eigenvalue weighted by Gasteiger charge is -2.07. The minimum absolute atomic E-state index is 0.00273. The molecule has 0 aliphatic carbocycles. The number of rotatable bonds is 3. The van der Waals surface area contributed by atoms with Crippen molar-refractivity contribution in [2.45, 2.75) is 13.5 Å². The van der Waals surface area contributed by atoms with Crippen LogP contribution in [0.15, 0.2) is 42.5 Å². The smallest absolute Gasteiger partial charge is 0.254 e. The molecular formula is C15H13ClFNO. The van der Waals surface area contributed by atoms with Crippen molar-refractivity contribution in [1.82, 2.24) is 5.32 Å². The zero-order valence-electron chi connectivity index (χ0n) is 10.4. The van der Waals surface area contributed by atoms with Gasteiger partial charge < -0.3 is 5.32 Å². The van der Waals surface area contributed by atoms with Gasteiger partial charge >= 0.3 is 0 Å². The van der Waals surface area contributed by atoms with Gasteiger partial charge in [0.25, 0.3) is 5.91 Å². The van der Waals surface area contributed by atoms with Crippen molar-refractivity contribution in [1.29, 1.82) is 0 Å². The van der Waals surface area contributed by atoms with Crippen LogP contribution < -0.4 is 5.32 Å². The molecule has 0 radical (unpaired) electrons. The summed E-state index contributed by atoms with van der Waals surface area (Å²) in [6.07, 6.45) is 0. The first-order valence-electron chi connectivity index (χ1n) is 5.85. The highest BCUT2D eigenvalue weighted by Crippen LogP contribution is 2.14. The van der Waals surface area contributed by atoms with Crippen LogP contribution in [0, 0.1) is 12.7 Å². The Hall–Kier alpha value is -1.87. The van der Waals surface area contributed by atoms with Gasteiger partial charge in [0.15, 0.2) is 0 Å². The summed E-state index contributed by atoms with van der Waals surface area (Å²) in [5.74, 6) is -1.06. The van der Waals surface area contributed by atoms with Crippen LogP contribution in [0.5, 0.6) is 0 Å². The van der Waals surface area contributed by atoms with Gasteiger partial charge in [-0.1, -0.05) is 41.4 Å². The number of amides is 1. The van der Waals surface area contributed by atoms with Gasteiger partial charge in [-0.15, -0.1) is 0 Å². The van der Waals surface area contributed by atoms with Crippen molar-refractivity contribution in [3.8, 4) is 0 Å². The van der Waals surface area contributed by atoms with Gasteiger partial charge in [-0.3, -0.25) is 4.79 Å². The molecule has 0 saturated heterocycles. The number of hydrogen-bond donors (Lipinski definition) is 1. The summed E-state index contributed by atoms with van der Waals surface area (Å²) in [6.45, 7) is 2.34. The van der Waals surface area contributed by atoms with Crippen molar-refractivity contribution < 1.29 is 9.18 Å². The van der Waals surface area contributed by atoms with E-state index >= 15 is 0 Å². The molecule has 1 N–H and O–H groups in total. The highest BCUT2D eigenvalue weighted by atomic mass is 35.5. The molecule has 0 unspecified atom stereocenters. The minimum atomic E-state index is -0.616. The van der Waals surface area contributed by atoms with E-state index < -0.39 is 11.7 Å². The number of carbonyl (C=O) groups is 1. The Morgan fingerprint density at radius 2 is 2.05 bits per heavy atom. The molecule has 2 rings (SSSR count). The SMILES string of the molecule is Cc1cccc(CNC(=O)c2ccc(Cl)cc2F)c1. The Balaban J connectivity index is 2.05. The van der Waals surface area contributed by atoms with Crippen LogP contribution >= 0.6 is 11.6 Å². The summed E-state index contributed by atoms with van der Waals surface area (Å²) in [6, 6.07) is 11.8. The molecule has 0 aromatic heterocycles. The largest absolute Gasteiger partial charge is 0.348 e. The fourth-order valence-electron chi connectivity index (χ4n) is 1.77. The van der Waals surface area contributed by atoms with E-state index in [2.05, 4.69) is 5.32 Å². The van der Waals surface area contributed by atoms with Gasteiger partial charge in [0.2, 0.25) is 0 Å². The molecule has 4 heteroatoms. The van der Waals surface area contributed by atoms with E-state index in [0.29, 0.717) is 6.54 Å². The second kappa shape index (κ2) is 5.85. The van der Waals surface area contributed by atoms with Crippen LogP contribution in [0.25, 0.3) is 0 Å². The molecule has 1 amide bonds. The summed E-state index contributed by atoms with van der Waals surface area (Å²) in [5, 5.41) is 2.95. The predicted octanol–water partition coefficient (Wildman–Crippen LogP) is 3.72. The summed E-state index contributed by atoms with van der Waals surface area (Å²) in [7, 11) is 0. The number of aryl methyl sites for hydroxylation is 1. The van der Waals surface area contributed by atoms with Gasteiger partial charge in [-0.05, 0) is 30.7 Å². The second-order valence-corrected chi connectivity index (χ2v) is 4.73. The molecule has 19 heavy (non-hydrogen) atoms. The van der Waals surface area contributed by atoms with Crippen molar-refractivity contribution in [3.05, 3.63) is 70.0 Å². The van der Waals surface area contributed by atoms with E-state index in [9.17, 15) is 9.18 Å². The van der Waals surface area contributed by atoms with Gasteiger partial charge in [0.05, 0.1) is 5.56 Å². The molecule has 0 heterocycles. The Morgan fingerprint density at radius 1 is 1.26 bits per heavy atom. The lowest BCUT2D eigenvalue weighted by Crippen LogP contribution is -2.23. The molecule has 0 aliphatic rings.